The fraction of sp³-hybridized carbons (Fsp3) is 0.172. The molecule has 0 spiro atoms. The van der Waals surface area contributed by atoms with Crippen LogP contribution in [0.1, 0.15) is 16.4 Å². The summed E-state index contributed by atoms with van der Waals surface area (Å²) in [7, 11) is -2.44. The monoisotopic (exact) mass is 730 g/mol. The Labute approximate surface area is 273 Å². The summed E-state index contributed by atoms with van der Waals surface area (Å²) in [6.07, 6.45) is 0. The van der Waals surface area contributed by atoms with Crippen LogP contribution >= 0.6 is 39.0 Å². The van der Waals surface area contributed by atoms with Crippen molar-refractivity contribution >= 4 is 78.1 Å². The number of aromatic amines is 1. The highest BCUT2D eigenvalue weighted by Gasteiger charge is 2.56. The number of sulfonamides is 1. The third-order valence-corrected chi connectivity index (χ3v) is 11.1. The predicted molar refractivity (Wildman–Crippen MR) is 171 cm³/mol. The van der Waals surface area contributed by atoms with Crippen molar-refractivity contribution in [3.63, 3.8) is 0 Å². The van der Waals surface area contributed by atoms with Gasteiger partial charge in [-0.1, -0.05) is 45.1 Å². The number of nitrogens with zero attached hydrogens (tertiary/aromatic N) is 1. The summed E-state index contributed by atoms with van der Waals surface area (Å²) in [5.41, 5.74) is 1.43. The van der Waals surface area contributed by atoms with Gasteiger partial charge < -0.3 is 19.8 Å². The van der Waals surface area contributed by atoms with Gasteiger partial charge >= 0.3 is 4.87 Å². The van der Waals surface area contributed by atoms with E-state index in [0.29, 0.717) is 26.8 Å². The highest BCUT2D eigenvalue weighted by atomic mass is 79.9. The Hall–Kier alpha value is -3.96. The molecule has 1 fully saturated rings. The Morgan fingerprint density at radius 1 is 1.02 bits per heavy atom. The van der Waals surface area contributed by atoms with Gasteiger partial charge in [0, 0.05) is 21.0 Å². The van der Waals surface area contributed by atoms with Crippen LogP contribution in [-0.4, -0.2) is 50.1 Å². The summed E-state index contributed by atoms with van der Waals surface area (Å²) in [6.45, 7) is -0.393. The number of nitrogens with one attached hydrogen (secondary N) is 2. The largest absolute Gasteiger partial charge is 0.493 e. The third-order valence-electron chi connectivity index (χ3n) is 7.28. The molecule has 4 aromatic rings. The number of methoxy groups -OCH3 is 1. The highest BCUT2D eigenvalue weighted by Crippen LogP contribution is 2.53. The summed E-state index contributed by atoms with van der Waals surface area (Å²) in [5.74, 6) is -2.14. The predicted octanol–water partition coefficient (Wildman–Crippen LogP) is 3.67. The molecular weight excluding hydrogens is 708 g/mol. The van der Waals surface area contributed by atoms with Crippen molar-refractivity contribution in [1.82, 2.24) is 4.98 Å². The molecule has 0 aliphatic carbocycles. The average Bonchev–Trinajstić information content (AvgIpc) is 3.50. The van der Waals surface area contributed by atoms with Crippen LogP contribution in [0.15, 0.2) is 85.9 Å². The van der Waals surface area contributed by atoms with Crippen LogP contribution in [0.2, 0.25) is 0 Å². The molecule has 1 aromatic heterocycles. The van der Waals surface area contributed by atoms with E-state index < -0.39 is 39.6 Å². The molecule has 0 bridgehead atoms. The summed E-state index contributed by atoms with van der Waals surface area (Å²) >= 11 is 5.55. The number of hydrogen-bond donors (Lipinski definition) is 3. The Morgan fingerprint density at radius 3 is 2.40 bits per heavy atom. The van der Waals surface area contributed by atoms with E-state index in [1.165, 1.54) is 48.0 Å². The van der Waals surface area contributed by atoms with Crippen molar-refractivity contribution in [1.29, 1.82) is 0 Å². The molecule has 2 aliphatic heterocycles. The number of carbonyl (C=O) groups is 3. The summed E-state index contributed by atoms with van der Waals surface area (Å²) in [5, 5.41) is 7.50. The normalized spacial score (nSPS) is 19.2. The van der Waals surface area contributed by atoms with Gasteiger partial charge in [-0.3, -0.25) is 19.2 Å². The number of halogens is 1. The van der Waals surface area contributed by atoms with Crippen molar-refractivity contribution in [2.24, 2.45) is 11.1 Å². The molecule has 2 unspecified atom stereocenters. The van der Waals surface area contributed by atoms with Crippen LogP contribution in [0.4, 0.5) is 11.4 Å². The molecule has 3 amide bonds. The second-order valence-corrected chi connectivity index (χ2v) is 14.7. The number of nitrogens with two attached hydrogens (primary N) is 1. The van der Waals surface area contributed by atoms with E-state index >= 15 is 0 Å². The molecule has 12 nitrogen and oxygen atoms in total. The molecule has 1 saturated heterocycles. The first kappa shape index (κ1) is 31.0. The van der Waals surface area contributed by atoms with Crippen molar-refractivity contribution in [2.75, 3.05) is 23.9 Å². The smallest absolute Gasteiger partial charge is 0.305 e. The Balaban J connectivity index is 1.25. The lowest BCUT2D eigenvalue weighted by Crippen LogP contribution is -2.32. The first-order valence-electron chi connectivity index (χ1n) is 13.2. The molecule has 0 saturated carbocycles. The number of rotatable bonds is 8. The molecule has 45 heavy (non-hydrogen) atoms. The van der Waals surface area contributed by atoms with Gasteiger partial charge in [0.05, 0.1) is 28.6 Å². The van der Waals surface area contributed by atoms with Crippen LogP contribution < -0.4 is 29.7 Å². The molecule has 2 aliphatic rings. The number of carbonyl (C=O) groups excluding carboxylic acids is 3. The van der Waals surface area contributed by atoms with Gasteiger partial charge in [0.15, 0.2) is 18.1 Å². The van der Waals surface area contributed by atoms with E-state index in [1.807, 2.05) is 0 Å². The molecule has 3 aromatic carbocycles. The van der Waals surface area contributed by atoms with Crippen LogP contribution in [0.3, 0.4) is 0 Å². The van der Waals surface area contributed by atoms with Gasteiger partial charge in [0.2, 0.25) is 21.8 Å². The Morgan fingerprint density at radius 2 is 1.73 bits per heavy atom. The number of H-pyrrole nitrogens is 1. The van der Waals surface area contributed by atoms with Gasteiger partial charge in [-0.15, -0.1) is 0 Å². The molecule has 0 radical (unpaired) electrons. The van der Waals surface area contributed by atoms with Crippen molar-refractivity contribution in [3.05, 3.63) is 91.3 Å². The van der Waals surface area contributed by atoms with Gasteiger partial charge in [0.1, 0.15) is 5.25 Å². The molecule has 6 rings (SSSR count). The first-order valence-corrected chi connectivity index (χ1v) is 17.2. The lowest BCUT2D eigenvalue weighted by molar-refractivity contribution is -0.122. The van der Waals surface area contributed by atoms with E-state index in [1.54, 1.807) is 42.5 Å². The number of thioether (sulfide) groups is 1. The molecule has 3 heterocycles. The minimum absolute atomic E-state index is 0.0896. The molecule has 4 N–H and O–H groups in total. The van der Waals surface area contributed by atoms with Crippen LogP contribution in [-0.2, 0) is 24.4 Å². The number of primary sulfonamides is 1. The van der Waals surface area contributed by atoms with E-state index in [2.05, 4.69) is 26.2 Å². The third kappa shape index (κ3) is 6.03. The lowest BCUT2D eigenvalue weighted by atomic mass is 9.83. The fourth-order valence-electron chi connectivity index (χ4n) is 5.29. The second kappa shape index (κ2) is 12.1. The van der Waals surface area contributed by atoms with E-state index in [4.69, 9.17) is 14.6 Å². The molecule has 3 atom stereocenters. The van der Waals surface area contributed by atoms with E-state index in [-0.39, 0.29) is 33.1 Å². The number of aromatic nitrogens is 1. The summed E-state index contributed by atoms with van der Waals surface area (Å²) in [4.78, 5) is 56.8. The average molecular weight is 732 g/mol. The van der Waals surface area contributed by atoms with Gasteiger partial charge in [-0.2, -0.15) is 0 Å². The number of amides is 3. The summed E-state index contributed by atoms with van der Waals surface area (Å²) in [6, 6.07) is 17.2. The topological polar surface area (TPSA) is 178 Å². The van der Waals surface area contributed by atoms with Gasteiger partial charge in [0.25, 0.3) is 5.91 Å². The summed E-state index contributed by atoms with van der Waals surface area (Å²) < 4.78 is 35.0. The number of imide groups is 1. The van der Waals surface area contributed by atoms with Crippen molar-refractivity contribution in [3.8, 4) is 11.5 Å². The van der Waals surface area contributed by atoms with Gasteiger partial charge in [-0.25, -0.2) is 18.5 Å². The Kier molecular flexibility index (Phi) is 8.34. The quantitative estimate of drug-likeness (QED) is 0.228. The number of hydrogen-bond acceptors (Lipinski definition) is 10. The number of anilines is 2. The lowest BCUT2D eigenvalue weighted by Gasteiger charge is -2.30. The standard InChI is InChI=1S/C29H23BrN4O8S3/c1-41-20-12-14(2-11-19(20)42-13-21(35)32-16-5-9-18(10-6-16)45(31,39)40)22-23-25(43-26-24(22)44-29(38)33-26)28(37)34(27(23)36)17-7-3-15(30)4-8-17/h2-12,22-23,25H,13H2,1H3,(H,32,35)(H,33,38)(H2,31,39,40)/t22-,23?,25?/m1/s1. The zero-order valence-corrected chi connectivity index (χ0v) is 27.2. The molecule has 16 heteroatoms. The number of benzene rings is 3. The van der Waals surface area contributed by atoms with Crippen molar-refractivity contribution in [2.45, 2.75) is 21.1 Å². The van der Waals surface area contributed by atoms with Crippen molar-refractivity contribution < 1.29 is 32.3 Å². The van der Waals surface area contributed by atoms with Crippen LogP contribution in [0.5, 0.6) is 11.5 Å². The number of fused-ring (bicyclic) bond motifs is 2. The number of thiazole rings is 1. The van der Waals surface area contributed by atoms with Crippen LogP contribution in [0, 0.1) is 5.92 Å². The Bertz CT molecular complexity index is 1990. The maximum absolute atomic E-state index is 13.9. The van der Waals surface area contributed by atoms with Crippen LogP contribution in [0.25, 0.3) is 0 Å². The number of ether oxygens (including phenoxy) is 2. The maximum atomic E-state index is 13.9. The zero-order valence-electron chi connectivity index (χ0n) is 23.2. The van der Waals surface area contributed by atoms with Gasteiger partial charge in [-0.05, 0) is 66.2 Å². The van der Waals surface area contributed by atoms with E-state index in [0.717, 1.165) is 15.8 Å². The highest BCUT2D eigenvalue weighted by molar-refractivity contribution is 9.10. The minimum atomic E-state index is -3.87. The fourth-order valence-corrected chi connectivity index (χ4v) is 8.58. The zero-order chi connectivity index (χ0) is 32.0. The maximum Gasteiger partial charge on any atom is 0.305 e. The molecular formula is C29H23BrN4O8S3. The molecule has 232 valence electrons. The SMILES string of the molecule is COc1cc([C@H]2c3sc(=O)[nH]c3SC3C(=O)N(c4ccc(Br)cc4)C(=O)C32)ccc1OCC(=O)Nc1ccc(S(N)(=O)=O)cc1. The minimum Gasteiger partial charge on any atom is -0.493 e. The second-order valence-electron chi connectivity index (χ2n) is 10.1. The van der Waals surface area contributed by atoms with E-state index in [9.17, 15) is 27.6 Å². The first-order chi connectivity index (χ1) is 21.4.